The van der Waals surface area contributed by atoms with E-state index in [1.54, 1.807) is 42.3 Å². The molecule has 0 radical (unpaired) electrons. The minimum absolute atomic E-state index is 0.0235. The monoisotopic (exact) mass is 402 g/mol. The number of sulfone groups is 1. The molecule has 0 aliphatic carbocycles. The molecular weight excluding hydrogens is 376 g/mol. The molecule has 0 spiro atoms. The third-order valence-corrected chi connectivity index (χ3v) is 6.71. The maximum absolute atomic E-state index is 12.4. The van der Waals surface area contributed by atoms with Gasteiger partial charge in [-0.1, -0.05) is 30.3 Å². The zero-order valence-electron chi connectivity index (χ0n) is 16.1. The van der Waals surface area contributed by atoms with Crippen LogP contribution in [0.3, 0.4) is 0 Å². The number of rotatable bonds is 7. The van der Waals surface area contributed by atoms with Gasteiger partial charge in [0.15, 0.2) is 9.84 Å². The van der Waals surface area contributed by atoms with E-state index in [1.807, 2.05) is 24.3 Å². The first kappa shape index (κ1) is 20.4. The van der Waals surface area contributed by atoms with Gasteiger partial charge in [-0.25, -0.2) is 8.42 Å². The summed E-state index contributed by atoms with van der Waals surface area (Å²) in [6.45, 7) is 3.64. The highest BCUT2D eigenvalue weighted by atomic mass is 32.2. The van der Waals surface area contributed by atoms with Crippen LogP contribution in [0.25, 0.3) is 0 Å². The van der Waals surface area contributed by atoms with Crippen molar-refractivity contribution in [2.45, 2.75) is 17.9 Å². The Balaban J connectivity index is 1.45. The van der Waals surface area contributed by atoms with Crippen LogP contribution in [-0.2, 0) is 21.2 Å². The largest absolute Gasteiger partial charge is 0.497 e. The van der Waals surface area contributed by atoms with Crippen molar-refractivity contribution < 1.29 is 17.9 Å². The van der Waals surface area contributed by atoms with Crippen LogP contribution in [0.2, 0.25) is 0 Å². The predicted molar refractivity (Wildman–Crippen MR) is 108 cm³/mol. The molecule has 3 rings (SSSR count). The van der Waals surface area contributed by atoms with Crippen LogP contribution in [0.5, 0.6) is 5.75 Å². The van der Waals surface area contributed by atoms with Crippen molar-refractivity contribution in [1.82, 2.24) is 9.80 Å². The number of ether oxygens (including phenoxy) is 1. The molecule has 0 atom stereocenters. The van der Waals surface area contributed by atoms with Gasteiger partial charge in [0.2, 0.25) is 5.91 Å². The van der Waals surface area contributed by atoms with Crippen molar-refractivity contribution in [2.75, 3.05) is 39.0 Å². The average molecular weight is 403 g/mol. The van der Waals surface area contributed by atoms with Crippen LogP contribution in [-0.4, -0.2) is 63.2 Å². The third-order valence-electron chi connectivity index (χ3n) is 4.98. The maximum atomic E-state index is 12.4. The molecule has 7 heteroatoms. The fourth-order valence-corrected chi connectivity index (χ4v) is 4.52. The Kier molecular flexibility index (Phi) is 6.70. The van der Waals surface area contributed by atoms with Gasteiger partial charge in [0, 0.05) is 39.1 Å². The van der Waals surface area contributed by atoms with Gasteiger partial charge in [0.05, 0.1) is 17.8 Å². The van der Waals surface area contributed by atoms with Gasteiger partial charge in [0.25, 0.3) is 0 Å². The molecule has 2 aromatic rings. The normalized spacial score (nSPS) is 15.4. The molecule has 0 unspecified atom stereocenters. The second kappa shape index (κ2) is 9.21. The highest BCUT2D eigenvalue weighted by Crippen LogP contribution is 2.15. The van der Waals surface area contributed by atoms with Crippen LogP contribution in [0, 0.1) is 0 Å². The lowest BCUT2D eigenvalue weighted by atomic mass is 10.2. The summed E-state index contributed by atoms with van der Waals surface area (Å²) >= 11 is 0. The Bertz CT molecular complexity index is 874. The van der Waals surface area contributed by atoms with E-state index in [0.717, 1.165) is 25.4 Å². The minimum atomic E-state index is -3.42. The standard InChI is InChI=1S/C21H26N2O4S/c1-27-19-9-7-18(8-10-19)17-22-12-14-23(15-13-22)21(24)11-16-28(25,26)20-5-3-2-4-6-20/h2-10H,11-17H2,1H3. The Morgan fingerprint density at radius 1 is 0.964 bits per heavy atom. The topological polar surface area (TPSA) is 66.9 Å². The molecule has 0 aromatic heterocycles. The van der Waals surface area contributed by atoms with E-state index in [4.69, 9.17) is 4.74 Å². The highest BCUT2D eigenvalue weighted by Gasteiger charge is 2.23. The van der Waals surface area contributed by atoms with Gasteiger partial charge in [0.1, 0.15) is 5.75 Å². The number of carbonyl (C=O) groups excluding carboxylic acids is 1. The summed E-state index contributed by atoms with van der Waals surface area (Å²) in [6, 6.07) is 16.3. The van der Waals surface area contributed by atoms with E-state index in [1.165, 1.54) is 5.56 Å². The SMILES string of the molecule is COc1ccc(CN2CCN(C(=O)CCS(=O)(=O)c3ccccc3)CC2)cc1. The number of methoxy groups -OCH3 is 1. The number of benzene rings is 2. The van der Waals surface area contributed by atoms with E-state index in [0.29, 0.717) is 13.1 Å². The second-order valence-corrected chi connectivity index (χ2v) is 9.00. The Morgan fingerprint density at radius 3 is 2.21 bits per heavy atom. The third kappa shape index (κ3) is 5.33. The molecule has 1 fully saturated rings. The number of hydrogen-bond donors (Lipinski definition) is 0. The van der Waals surface area contributed by atoms with Gasteiger partial charge in [-0.3, -0.25) is 9.69 Å². The van der Waals surface area contributed by atoms with Gasteiger partial charge >= 0.3 is 0 Å². The fourth-order valence-electron chi connectivity index (χ4n) is 3.27. The lowest BCUT2D eigenvalue weighted by molar-refractivity contribution is -0.132. The van der Waals surface area contributed by atoms with Gasteiger partial charge < -0.3 is 9.64 Å². The van der Waals surface area contributed by atoms with Gasteiger partial charge in [-0.05, 0) is 29.8 Å². The van der Waals surface area contributed by atoms with Crippen molar-refractivity contribution in [2.24, 2.45) is 0 Å². The van der Waals surface area contributed by atoms with Crippen LogP contribution < -0.4 is 4.74 Å². The fraction of sp³-hybridized carbons (Fsp3) is 0.381. The molecule has 1 aliphatic rings. The molecule has 1 amide bonds. The van der Waals surface area contributed by atoms with Crippen molar-refractivity contribution in [3.05, 3.63) is 60.2 Å². The second-order valence-electron chi connectivity index (χ2n) is 6.89. The highest BCUT2D eigenvalue weighted by molar-refractivity contribution is 7.91. The quantitative estimate of drug-likeness (QED) is 0.710. The number of piperazine rings is 1. The van der Waals surface area contributed by atoms with Crippen LogP contribution in [0.1, 0.15) is 12.0 Å². The van der Waals surface area contributed by atoms with Crippen LogP contribution in [0.15, 0.2) is 59.5 Å². The number of carbonyl (C=O) groups is 1. The first-order valence-corrected chi connectivity index (χ1v) is 11.0. The zero-order chi connectivity index (χ0) is 20.0. The van der Waals surface area contributed by atoms with Crippen LogP contribution >= 0.6 is 0 Å². The summed E-state index contributed by atoms with van der Waals surface area (Å²) in [5.74, 6) is 0.593. The smallest absolute Gasteiger partial charge is 0.223 e. The predicted octanol–water partition coefficient (Wildman–Crippen LogP) is 2.20. The molecule has 0 saturated carbocycles. The summed E-state index contributed by atoms with van der Waals surface area (Å²) < 4.78 is 29.8. The van der Waals surface area contributed by atoms with E-state index in [2.05, 4.69) is 4.90 Å². The zero-order valence-corrected chi connectivity index (χ0v) is 16.9. The summed E-state index contributed by atoms with van der Waals surface area (Å²) in [4.78, 5) is 16.8. The molecule has 0 bridgehead atoms. The van der Waals surface area contributed by atoms with Crippen molar-refractivity contribution in [3.63, 3.8) is 0 Å². The van der Waals surface area contributed by atoms with E-state index >= 15 is 0 Å². The number of amides is 1. The minimum Gasteiger partial charge on any atom is -0.497 e. The summed E-state index contributed by atoms with van der Waals surface area (Å²) in [6.07, 6.45) is 0.0235. The summed E-state index contributed by atoms with van der Waals surface area (Å²) in [7, 11) is -1.77. The Hall–Kier alpha value is -2.38. The average Bonchev–Trinajstić information content (AvgIpc) is 2.74. The van der Waals surface area contributed by atoms with Gasteiger partial charge in [-0.15, -0.1) is 0 Å². The lowest BCUT2D eigenvalue weighted by Gasteiger charge is -2.34. The molecule has 0 N–H and O–H groups in total. The first-order chi connectivity index (χ1) is 13.5. The summed E-state index contributed by atoms with van der Waals surface area (Å²) in [5, 5.41) is 0. The van der Waals surface area contributed by atoms with Gasteiger partial charge in [-0.2, -0.15) is 0 Å². The van der Waals surface area contributed by atoms with Crippen molar-refractivity contribution in [3.8, 4) is 5.75 Å². The lowest BCUT2D eigenvalue weighted by Crippen LogP contribution is -2.48. The summed E-state index contributed by atoms with van der Waals surface area (Å²) in [5.41, 5.74) is 1.20. The molecule has 2 aromatic carbocycles. The molecule has 1 aliphatic heterocycles. The molecular formula is C21H26N2O4S. The molecule has 150 valence electrons. The Morgan fingerprint density at radius 2 is 1.61 bits per heavy atom. The van der Waals surface area contributed by atoms with Crippen LogP contribution in [0.4, 0.5) is 0 Å². The van der Waals surface area contributed by atoms with Crippen molar-refractivity contribution >= 4 is 15.7 Å². The first-order valence-electron chi connectivity index (χ1n) is 9.39. The Labute approximate surface area is 166 Å². The molecule has 1 heterocycles. The van der Waals surface area contributed by atoms with Crippen molar-refractivity contribution in [1.29, 1.82) is 0 Å². The maximum Gasteiger partial charge on any atom is 0.223 e. The number of nitrogens with zero attached hydrogens (tertiary/aromatic N) is 2. The van der Waals surface area contributed by atoms with E-state index in [-0.39, 0.29) is 23.0 Å². The molecule has 6 nitrogen and oxygen atoms in total. The molecule has 1 saturated heterocycles. The number of hydrogen-bond acceptors (Lipinski definition) is 5. The van der Waals surface area contributed by atoms with E-state index in [9.17, 15) is 13.2 Å². The molecule has 28 heavy (non-hydrogen) atoms. The van der Waals surface area contributed by atoms with E-state index < -0.39 is 9.84 Å².